The summed E-state index contributed by atoms with van der Waals surface area (Å²) in [5, 5.41) is 26.5. The van der Waals surface area contributed by atoms with Gasteiger partial charge in [0, 0.05) is 6.42 Å². The second-order valence-electron chi connectivity index (χ2n) is 8.62. The first kappa shape index (κ1) is 29.1. The Kier molecular flexibility index (Phi) is 12.2. The molecule has 0 aromatic heterocycles. The van der Waals surface area contributed by atoms with Gasteiger partial charge in [-0.2, -0.15) is 0 Å². The Balaban J connectivity index is 3.16. The van der Waals surface area contributed by atoms with E-state index in [2.05, 4.69) is 16.0 Å². The van der Waals surface area contributed by atoms with Crippen LogP contribution in [0.3, 0.4) is 0 Å². The minimum atomic E-state index is -1.19. The van der Waals surface area contributed by atoms with Gasteiger partial charge in [0.2, 0.25) is 17.7 Å². The predicted molar refractivity (Wildman–Crippen MR) is 128 cm³/mol. The first-order chi connectivity index (χ1) is 16.0. The van der Waals surface area contributed by atoms with Crippen LogP contribution in [0.15, 0.2) is 30.3 Å². The van der Waals surface area contributed by atoms with E-state index in [-0.39, 0.29) is 18.3 Å². The number of nitrogens with two attached hydrogens (primary N) is 1. The number of carbonyl (C=O) groups is 4. The Labute approximate surface area is 200 Å². The number of rotatable bonds is 14. The molecule has 0 radical (unpaired) electrons. The van der Waals surface area contributed by atoms with Gasteiger partial charge in [0.15, 0.2) is 0 Å². The Morgan fingerprint density at radius 1 is 0.853 bits per heavy atom. The molecule has 0 saturated carbocycles. The van der Waals surface area contributed by atoms with Gasteiger partial charge in [0.05, 0.1) is 6.61 Å². The number of carboxylic acids is 1. The molecule has 7 N–H and O–H groups in total. The van der Waals surface area contributed by atoms with Crippen LogP contribution < -0.4 is 21.7 Å². The zero-order chi connectivity index (χ0) is 25.8. The average Bonchev–Trinajstić information content (AvgIpc) is 2.83. The van der Waals surface area contributed by atoms with Crippen LogP contribution in [0.1, 0.15) is 46.1 Å². The largest absolute Gasteiger partial charge is 0.480 e. The van der Waals surface area contributed by atoms with Gasteiger partial charge < -0.3 is 31.9 Å². The summed E-state index contributed by atoms with van der Waals surface area (Å²) in [6.45, 7) is 6.59. The molecule has 1 rings (SSSR count). The maximum absolute atomic E-state index is 13.2. The van der Waals surface area contributed by atoms with Crippen molar-refractivity contribution in [3.63, 3.8) is 0 Å². The van der Waals surface area contributed by atoms with E-state index in [1.54, 1.807) is 38.1 Å². The molecule has 0 aliphatic carbocycles. The molecule has 6 atom stereocenters. The molecule has 10 heteroatoms. The Morgan fingerprint density at radius 3 is 1.88 bits per heavy atom. The van der Waals surface area contributed by atoms with Crippen LogP contribution in [0.5, 0.6) is 0 Å². The van der Waals surface area contributed by atoms with E-state index in [0.717, 1.165) is 5.56 Å². The van der Waals surface area contributed by atoms with Gasteiger partial charge >= 0.3 is 5.97 Å². The van der Waals surface area contributed by atoms with Crippen molar-refractivity contribution >= 4 is 23.7 Å². The summed E-state index contributed by atoms with van der Waals surface area (Å²) in [5.41, 5.74) is 6.34. The van der Waals surface area contributed by atoms with Crippen LogP contribution in [0.25, 0.3) is 0 Å². The first-order valence-corrected chi connectivity index (χ1v) is 11.6. The zero-order valence-electron chi connectivity index (χ0n) is 20.3. The third-order valence-corrected chi connectivity index (χ3v) is 6.02. The molecule has 3 amide bonds. The molecule has 0 aliphatic rings. The van der Waals surface area contributed by atoms with Crippen molar-refractivity contribution < 1.29 is 29.4 Å². The van der Waals surface area contributed by atoms with Crippen molar-refractivity contribution in [3.8, 4) is 0 Å². The maximum atomic E-state index is 13.2. The Morgan fingerprint density at radius 2 is 1.38 bits per heavy atom. The topological polar surface area (TPSA) is 171 Å². The fraction of sp³-hybridized carbons (Fsp3) is 0.583. The number of carboxylic acid groups (broad SMARTS) is 1. The number of nitrogens with one attached hydrogen (secondary N) is 3. The number of aliphatic hydroxyl groups excluding tert-OH is 1. The highest BCUT2D eigenvalue weighted by molar-refractivity contribution is 5.94. The number of hydrogen-bond acceptors (Lipinski definition) is 6. The summed E-state index contributed by atoms with van der Waals surface area (Å²) < 4.78 is 0. The van der Waals surface area contributed by atoms with Gasteiger partial charge in [-0.1, -0.05) is 70.9 Å². The molecule has 1 aromatic rings. The summed E-state index contributed by atoms with van der Waals surface area (Å²) in [4.78, 5) is 50.2. The van der Waals surface area contributed by atoms with Crippen LogP contribution in [-0.4, -0.2) is 64.7 Å². The van der Waals surface area contributed by atoms with Crippen LogP contribution in [-0.2, 0) is 25.6 Å². The molecule has 0 saturated heterocycles. The van der Waals surface area contributed by atoms with Crippen LogP contribution in [0.4, 0.5) is 0 Å². The van der Waals surface area contributed by atoms with E-state index in [1.165, 1.54) is 0 Å². The Hall–Kier alpha value is -2.98. The molecule has 6 unspecified atom stereocenters. The fourth-order valence-electron chi connectivity index (χ4n) is 3.30. The monoisotopic (exact) mass is 478 g/mol. The van der Waals surface area contributed by atoms with E-state index < -0.39 is 54.5 Å². The van der Waals surface area contributed by atoms with Gasteiger partial charge in [0.1, 0.15) is 24.2 Å². The zero-order valence-corrected chi connectivity index (χ0v) is 20.3. The lowest BCUT2D eigenvalue weighted by molar-refractivity contribution is -0.144. The maximum Gasteiger partial charge on any atom is 0.326 e. The van der Waals surface area contributed by atoms with Crippen LogP contribution in [0.2, 0.25) is 0 Å². The number of benzene rings is 1. The molecule has 0 heterocycles. The second kappa shape index (κ2) is 14.3. The molecule has 10 nitrogen and oxygen atoms in total. The van der Waals surface area contributed by atoms with E-state index in [1.807, 2.05) is 19.9 Å². The summed E-state index contributed by atoms with van der Waals surface area (Å²) in [6.07, 6.45) is 1.22. The minimum Gasteiger partial charge on any atom is -0.480 e. The third-order valence-electron chi connectivity index (χ3n) is 6.02. The van der Waals surface area contributed by atoms with Gasteiger partial charge in [-0.05, 0) is 17.4 Å². The molecule has 1 aromatic carbocycles. The fourth-order valence-corrected chi connectivity index (χ4v) is 3.30. The normalized spacial score (nSPS) is 16.3. The lowest BCUT2D eigenvalue weighted by Gasteiger charge is -2.28. The van der Waals surface area contributed by atoms with E-state index in [9.17, 15) is 24.3 Å². The quantitative estimate of drug-likeness (QED) is 0.221. The molecule has 190 valence electrons. The van der Waals surface area contributed by atoms with Crippen molar-refractivity contribution in [2.45, 2.75) is 71.1 Å². The van der Waals surface area contributed by atoms with E-state index in [0.29, 0.717) is 12.8 Å². The predicted octanol–water partition coefficient (Wildman–Crippen LogP) is 0.180. The van der Waals surface area contributed by atoms with Crippen molar-refractivity contribution in [1.82, 2.24) is 16.0 Å². The number of hydrogen-bond donors (Lipinski definition) is 6. The third kappa shape index (κ3) is 8.75. The van der Waals surface area contributed by atoms with E-state index in [4.69, 9.17) is 10.8 Å². The second-order valence-corrected chi connectivity index (χ2v) is 8.62. The van der Waals surface area contributed by atoms with Gasteiger partial charge in [-0.3, -0.25) is 14.4 Å². The molecule has 0 aliphatic heterocycles. The highest BCUT2D eigenvalue weighted by Gasteiger charge is 2.33. The number of aliphatic hydroxyl groups is 1. The molecule has 0 bridgehead atoms. The summed E-state index contributed by atoms with van der Waals surface area (Å²) in [7, 11) is 0. The van der Waals surface area contributed by atoms with Crippen molar-refractivity contribution in [3.05, 3.63) is 35.9 Å². The molecule has 0 fully saturated rings. The molecule has 34 heavy (non-hydrogen) atoms. The lowest BCUT2D eigenvalue weighted by Crippen LogP contribution is -2.59. The average molecular weight is 479 g/mol. The Bertz CT molecular complexity index is 819. The number of carbonyl (C=O) groups excluding carboxylic acids is 3. The highest BCUT2D eigenvalue weighted by Crippen LogP contribution is 2.12. The van der Waals surface area contributed by atoms with Crippen molar-refractivity contribution in [1.29, 1.82) is 0 Å². The van der Waals surface area contributed by atoms with E-state index >= 15 is 0 Å². The lowest BCUT2D eigenvalue weighted by atomic mass is 9.96. The molecular formula is C24H38N4O6. The van der Waals surface area contributed by atoms with Gasteiger partial charge in [-0.25, -0.2) is 4.79 Å². The summed E-state index contributed by atoms with van der Waals surface area (Å²) in [5.74, 6) is -3.68. The van der Waals surface area contributed by atoms with Crippen molar-refractivity contribution in [2.75, 3.05) is 6.61 Å². The van der Waals surface area contributed by atoms with Crippen molar-refractivity contribution in [2.24, 2.45) is 17.6 Å². The smallest absolute Gasteiger partial charge is 0.326 e. The SMILES string of the molecule is CCC(C)C(NC(=O)C(Cc1ccccc1)NC(=O)C(NC(=O)C(N)CO)C(C)CC)C(=O)O. The molecular weight excluding hydrogens is 440 g/mol. The highest BCUT2D eigenvalue weighted by atomic mass is 16.4. The minimum absolute atomic E-state index is 0.128. The van der Waals surface area contributed by atoms with Gasteiger partial charge in [0.25, 0.3) is 0 Å². The number of aliphatic carboxylic acids is 1. The summed E-state index contributed by atoms with van der Waals surface area (Å²) in [6, 6.07) is 4.64. The van der Waals surface area contributed by atoms with Crippen LogP contribution >= 0.6 is 0 Å². The first-order valence-electron chi connectivity index (χ1n) is 11.6. The summed E-state index contributed by atoms with van der Waals surface area (Å²) >= 11 is 0. The molecule has 0 spiro atoms. The van der Waals surface area contributed by atoms with Gasteiger partial charge in [-0.15, -0.1) is 0 Å². The standard InChI is InChI=1S/C24H38N4O6/c1-5-14(3)19(27-21(30)17(25)13-29)23(32)26-18(12-16-10-8-7-9-11-16)22(31)28-20(24(33)34)15(4)6-2/h7-11,14-15,17-20,29H,5-6,12-13,25H2,1-4H3,(H,26,32)(H,27,30)(H,28,31)(H,33,34). The van der Waals surface area contributed by atoms with Crippen LogP contribution in [0, 0.1) is 11.8 Å². The number of amides is 3.